The van der Waals surface area contributed by atoms with E-state index in [1.807, 2.05) is 37.3 Å². The van der Waals surface area contributed by atoms with Gasteiger partial charge in [-0.15, -0.1) is 0 Å². The number of hydrogen-bond acceptors (Lipinski definition) is 7. The number of unbranched alkanes of at least 4 members (excludes halogenated alkanes) is 1. The third-order valence-corrected chi connectivity index (χ3v) is 7.91. The Morgan fingerprint density at radius 3 is 2.26 bits per heavy atom. The Bertz CT molecular complexity index is 1070. The summed E-state index contributed by atoms with van der Waals surface area (Å²) < 4.78 is 10.8. The molecule has 0 bridgehead atoms. The van der Waals surface area contributed by atoms with Gasteiger partial charge in [-0.05, 0) is 30.7 Å². The first-order valence-electron chi connectivity index (χ1n) is 15.2. The molecular weight excluding hydrogens is 540 g/mol. The van der Waals surface area contributed by atoms with Crippen LogP contribution in [0.2, 0.25) is 0 Å². The smallest absolute Gasteiger partial charge is 0.329 e. The van der Waals surface area contributed by atoms with Gasteiger partial charge in [0, 0.05) is 13.1 Å². The first-order valence-corrected chi connectivity index (χ1v) is 15.2. The zero-order chi connectivity index (χ0) is 30.5. The van der Waals surface area contributed by atoms with Crippen molar-refractivity contribution in [2.24, 2.45) is 5.92 Å². The third kappa shape index (κ3) is 9.27. The third-order valence-electron chi connectivity index (χ3n) is 7.91. The molecule has 2 fully saturated rings. The molecular formula is C31H46N4O7. The predicted molar refractivity (Wildman–Crippen MR) is 156 cm³/mol. The number of morpholine rings is 1. The lowest BCUT2D eigenvalue weighted by molar-refractivity contribution is -0.151. The van der Waals surface area contributed by atoms with Crippen molar-refractivity contribution < 1.29 is 33.4 Å². The molecule has 1 aliphatic carbocycles. The first-order chi connectivity index (χ1) is 20.2. The summed E-state index contributed by atoms with van der Waals surface area (Å²) >= 11 is 0. The van der Waals surface area contributed by atoms with E-state index in [-0.39, 0.29) is 25.0 Å². The summed E-state index contributed by atoms with van der Waals surface area (Å²) in [6, 6.07) is 6.70. The maximum Gasteiger partial charge on any atom is 0.329 e. The Balaban J connectivity index is 1.69. The van der Waals surface area contributed by atoms with E-state index >= 15 is 0 Å². The number of hydrogen-bond donors (Lipinski definition) is 3. The second-order valence-corrected chi connectivity index (χ2v) is 11.5. The fourth-order valence-corrected chi connectivity index (χ4v) is 5.27. The molecule has 232 valence electrons. The molecule has 2 unspecified atom stereocenters. The van der Waals surface area contributed by atoms with Gasteiger partial charge in [0.2, 0.25) is 11.7 Å². The zero-order valence-electron chi connectivity index (χ0n) is 25.1. The van der Waals surface area contributed by atoms with Crippen LogP contribution in [0, 0.1) is 5.92 Å². The number of ketones is 1. The molecule has 0 spiro atoms. The van der Waals surface area contributed by atoms with E-state index in [0.717, 1.165) is 31.2 Å². The average molecular weight is 587 g/mol. The van der Waals surface area contributed by atoms with Crippen LogP contribution in [-0.2, 0) is 35.3 Å². The minimum atomic E-state index is -1.17. The Morgan fingerprint density at radius 1 is 0.976 bits per heavy atom. The van der Waals surface area contributed by atoms with Crippen LogP contribution in [0.1, 0.15) is 77.7 Å². The largest absolute Gasteiger partial charge is 0.459 e. The van der Waals surface area contributed by atoms with Crippen molar-refractivity contribution in [1.82, 2.24) is 20.9 Å². The summed E-state index contributed by atoms with van der Waals surface area (Å²) in [5.74, 6) is -3.23. The summed E-state index contributed by atoms with van der Waals surface area (Å²) in [5, 5.41) is 8.32. The van der Waals surface area contributed by atoms with Gasteiger partial charge >= 0.3 is 12.0 Å². The van der Waals surface area contributed by atoms with Crippen LogP contribution in [0.15, 0.2) is 30.3 Å². The maximum absolute atomic E-state index is 13.8. The van der Waals surface area contributed by atoms with Gasteiger partial charge < -0.3 is 30.3 Å². The van der Waals surface area contributed by atoms with Crippen molar-refractivity contribution in [3.8, 4) is 0 Å². The Labute approximate surface area is 248 Å². The highest BCUT2D eigenvalue weighted by molar-refractivity contribution is 6.38. The van der Waals surface area contributed by atoms with Crippen LogP contribution in [0.5, 0.6) is 0 Å². The van der Waals surface area contributed by atoms with Crippen LogP contribution in [0.4, 0.5) is 4.79 Å². The molecule has 2 aliphatic rings. The number of amides is 4. The molecule has 42 heavy (non-hydrogen) atoms. The average Bonchev–Trinajstić information content (AvgIpc) is 3.01. The number of benzene rings is 1. The van der Waals surface area contributed by atoms with Gasteiger partial charge in [-0.25, -0.2) is 9.59 Å². The molecule has 1 heterocycles. The van der Waals surface area contributed by atoms with Crippen molar-refractivity contribution in [1.29, 1.82) is 0 Å². The lowest BCUT2D eigenvalue weighted by Gasteiger charge is -2.39. The number of ether oxygens (including phenoxy) is 2. The molecule has 1 saturated carbocycles. The highest BCUT2D eigenvalue weighted by atomic mass is 16.5. The molecule has 1 saturated heterocycles. The standard InChI is InChI=1S/C31H46N4O7/c1-4-5-14-24(26(36)27(37)33-25(22(2)3)28(38)42-21-23-12-8-6-9-13-23)32-29(39)31(15-10-7-11-16-31)34-30(40)35-17-19-41-20-18-35/h6,8-9,12-13,22,24-25H,4-5,7,10-11,14-21H2,1-3H3,(H,32,39)(H,33,37)(H,34,40). The number of Topliss-reactive ketones (excluding diaryl/α,β-unsaturated/α-hetero) is 1. The Morgan fingerprint density at radius 2 is 1.64 bits per heavy atom. The van der Waals surface area contributed by atoms with Crippen LogP contribution in [0.25, 0.3) is 0 Å². The van der Waals surface area contributed by atoms with Gasteiger partial charge in [0.25, 0.3) is 5.91 Å². The highest BCUT2D eigenvalue weighted by Gasteiger charge is 2.44. The number of urea groups is 1. The molecule has 3 N–H and O–H groups in total. The van der Waals surface area contributed by atoms with E-state index in [2.05, 4.69) is 16.0 Å². The van der Waals surface area contributed by atoms with Crippen molar-refractivity contribution in [2.75, 3.05) is 26.3 Å². The van der Waals surface area contributed by atoms with Crippen molar-refractivity contribution in [3.63, 3.8) is 0 Å². The van der Waals surface area contributed by atoms with Crippen molar-refractivity contribution in [3.05, 3.63) is 35.9 Å². The fraction of sp³-hybridized carbons (Fsp3) is 0.645. The number of nitrogens with one attached hydrogen (secondary N) is 3. The maximum atomic E-state index is 13.8. The topological polar surface area (TPSA) is 143 Å². The second kappa shape index (κ2) is 16.2. The van der Waals surface area contributed by atoms with Gasteiger partial charge in [0.05, 0.1) is 19.3 Å². The Hall–Kier alpha value is -3.47. The van der Waals surface area contributed by atoms with Gasteiger partial charge in [-0.3, -0.25) is 14.4 Å². The Kier molecular flexibility index (Phi) is 12.8. The summed E-state index contributed by atoms with van der Waals surface area (Å²) in [4.78, 5) is 67.9. The van der Waals surface area contributed by atoms with E-state index in [9.17, 15) is 24.0 Å². The van der Waals surface area contributed by atoms with Crippen LogP contribution < -0.4 is 16.0 Å². The fourth-order valence-electron chi connectivity index (χ4n) is 5.27. The summed E-state index contributed by atoms with van der Waals surface area (Å²) in [6.45, 7) is 7.24. The number of carbonyl (C=O) groups is 5. The lowest BCUT2D eigenvalue weighted by Crippen LogP contribution is -2.65. The summed E-state index contributed by atoms with van der Waals surface area (Å²) in [6.07, 6.45) is 4.95. The van der Waals surface area contributed by atoms with Crippen LogP contribution in [-0.4, -0.2) is 78.4 Å². The minimum Gasteiger partial charge on any atom is -0.459 e. The molecule has 11 heteroatoms. The van der Waals surface area contributed by atoms with Gasteiger partial charge in [0.15, 0.2) is 0 Å². The van der Waals surface area contributed by atoms with Crippen LogP contribution in [0.3, 0.4) is 0 Å². The molecule has 3 rings (SSSR count). The van der Waals surface area contributed by atoms with Gasteiger partial charge in [0.1, 0.15) is 18.2 Å². The number of nitrogens with zero attached hydrogens (tertiary/aromatic N) is 1. The molecule has 0 aromatic heterocycles. The van der Waals surface area contributed by atoms with E-state index in [4.69, 9.17) is 9.47 Å². The van der Waals surface area contributed by atoms with Crippen molar-refractivity contribution >= 4 is 29.6 Å². The summed E-state index contributed by atoms with van der Waals surface area (Å²) in [7, 11) is 0. The molecule has 2 atom stereocenters. The minimum absolute atomic E-state index is 0.0418. The molecule has 4 amide bonds. The SMILES string of the molecule is CCCCC(NC(=O)C1(NC(=O)N2CCOCC2)CCCCC1)C(=O)C(=O)NC(C(=O)OCc1ccccc1)C(C)C. The quantitative estimate of drug-likeness (QED) is 0.238. The van der Waals surface area contributed by atoms with E-state index in [1.165, 1.54) is 0 Å². The first kappa shape index (κ1) is 33.0. The van der Waals surface area contributed by atoms with Crippen molar-refractivity contribution in [2.45, 2.75) is 96.4 Å². The molecule has 11 nitrogen and oxygen atoms in total. The molecule has 1 aromatic rings. The summed E-state index contributed by atoms with van der Waals surface area (Å²) in [5.41, 5.74) is -0.369. The van der Waals surface area contributed by atoms with Gasteiger partial charge in [-0.2, -0.15) is 0 Å². The van der Waals surface area contributed by atoms with E-state index in [0.29, 0.717) is 45.6 Å². The lowest BCUT2D eigenvalue weighted by atomic mass is 9.80. The van der Waals surface area contributed by atoms with E-state index < -0.39 is 41.2 Å². The second-order valence-electron chi connectivity index (χ2n) is 11.5. The molecule has 0 radical (unpaired) electrons. The number of esters is 1. The zero-order valence-corrected chi connectivity index (χ0v) is 25.1. The molecule has 1 aliphatic heterocycles. The van der Waals surface area contributed by atoms with E-state index in [1.54, 1.807) is 18.7 Å². The predicted octanol–water partition coefficient (Wildman–Crippen LogP) is 2.86. The number of rotatable bonds is 13. The van der Waals surface area contributed by atoms with Crippen LogP contribution >= 0.6 is 0 Å². The monoisotopic (exact) mass is 586 g/mol. The number of carbonyl (C=O) groups excluding carboxylic acids is 5. The highest BCUT2D eigenvalue weighted by Crippen LogP contribution is 2.29. The molecule has 1 aromatic carbocycles. The van der Waals surface area contributed by atoms with Gasteiger partial charge in [-0.1, -0.05) is 83.2 Å². The normalized spacial score (nSPS) is 18.0.